The molecule has 1 atom stereocenters. The molecule has 0 spiro atoms. The van der Waals surface area contributed by atoms with Gasteiger partial charge in [-0.25, -0.2) is 13.1 Å². The smallest absolute Gasteiger partial charge is 0.211 e. The van der Waals surface area contributed by atoms with E-state index in [1.165, 1.54) is 12.8 Å². The fourth-order valence-corrected chi connectivity index (χ4v) is 3.00. The lowest BCUT2D eigenvalue weighted by Crippen LogP contribution is -2.31. The summed E-state index contributed by atoms with van der Waals surface area (Å²) in [5.41, 5.74) is 0. The van der Waals surface area contributed by atoms with E-state index < -0.39 is 10.0 Å². The second kappa shape index (κ2) is 7.61. The average Bonchev–Trinajstić information content (AvgIpc) is 3.09. The van der Waals surface area contributed by atoms with Gasteiger partial charge in [0.05, 0.1) is 5.75 Å². The summed E-state index contributed by atoms with van der Waals surface area (Å²) >= 11 is 1.67. The van der Waals surface area contributed by atoms with Crippen molar-refractivity contribution in [2.24, 2.45) is 0 Å². The summed E-state index contributed by atoms with van der Waals surface area (Å²) in [6.45, 7) is 3.50. The molecule has 1 saturated carbocycles. The van der Waals surface area contributed by atoms with Gasteiger partial charge in [-0.05, 0) is 38.5 Å². The van der Waals surface area contributed by atoms with Gasteiger partial charge in [0.25, 0.3) is 0 Å². The monoisotopic (exact) mass is 280 g/mol. The molecule has 2 N–H and O–H groups in total. The molecule has 17 heavy (non-hydrogen) atoms. The van der Waals surface area contributed by atoms with Crippen LogP contribution in [0.3, 0.4) is 0 Å². The summed E-state index contributed by atoms with van der Waals surface area (Å²) in [5.74, 6) is 0.250. The van der Waals surface area contributed by atoms with E-state index in [2.05, 4.69) is 10.0 Å². The van der Waals surface area contributed by atoms with Crippen molar-refractivity contribution in [3.05, 3.63) is 0 Å². The first-order valence-corrected chi connectivity index (χ1v) is 9.21. The minimum Gasteiger partial charge on any atom is -0.314 e. The zero-order valence-electron chi connectivity index (χ0n) is 10.7. The zero-order valence-corrected chi connectivity index (χ0v) is 12.4. The van der Waals surface area contributed by atoms with Crippen LogP contribution in [0.1, 0.15) is 32.6 Å². The molecule has 0 amide bonds. The molecule has 1 unspecified atom stereocenters. The van der Waals surface area contributed by atoms with Crippen LogP contribution >= 0.6 is 11.8 Å². The molecular weight excluding hydrogens is 256 g/mol. The molecule has 0 aromatic carbocycles. The molecule has 0 aromatic heterocycles. The largest absolute Gasteiger partial charge is 0.314 e. The van der Waals surface area contributed by atoms with Crippen LogP contribution in [0, 0.1) is 0 Å². The van der Waals surface area contributed by atoms with Crippen molar-refractivity contribution in [1.82, 2.24) is 10.0 Å². The Morgan fingerprint density at radius 3 is 2.65 bits per heavy atom. The molecule has 1 aliphatic carbocycles. The maximum absolute atomic E-state index is 11.6. The lowest BCUT2D eigenvalue weighted by atomic mass is 10.3. The molecule has 0 bridgehead atoms. The third-order valence-electron chi connectivity index (χ3n) is 2.84. The van der Waals surface area contributed by atoms with Gasteiger partial charge in [0, 0.05) is 17.8 Å². The van der Waals surface area contributed by atoms with Crippen LogP contribution in [0.25, 0.3) is 0 Å². The summed E-state index contributed by atoms with van der Waals surface area (Å²) < 4.78 is 25.9. The Balaban J connectivity index is 2.02. The highest BCUT2D eigenvalue weighted by atomic mass is 32.2. The van der Waals surface area contributed by atoms with E-state index in [0.717, 1.165) is 19.4 Å². The molecule has 102 valence electrons. The van der Waals surface area contributed by atoms with Gasteiger partial charge in [-0.3, -0.25) is 0 Å². The summed E-state index contributed by atoms with van der Waals surface area (Å²) in [4.78, 5) is 0. The summed E-state index contributed by atoms with van der Waals surface area (Å²) in [6, 6.07) is 0.715. The molecule has 0 saturated heterocycles. The van der Waals surface area contributed by atoms with E-state index in [4.69, 9.17) is 0 Å². The summed E-state index contributed by atoms with van der Waals surface area (Å²) in [7, 11) is -3.06. The van der Waals surface area contributed by atoms with Crippen LogP contribution in [0.2, 0.25) is 0 Å². The van der Waals surface area contributed by atoms with Crippen LogP contribution in [0.5, 0.6) is 0 Å². The van der Waals surface area contributed by atoms with Crippen molar-refractivity contribution in [3.8, 4) is 0 Å². The van der Waals surface area contributed by atoms with Crippen LogP contribution < -0.4 is 10.0 Å². The third-order valence-corrected chi connectivity index (χ3v) is 5.25. The second-order valence-corrected chi connectivity index (χ2v) is 7.85. The first-order chi connectivity index (χ1) is 8.03. The lowest BCUT2D eigenvalue weighted by Gasteiger charge is -2.10. The van der Waals surface area contributed by atoms with Gasteiger partial charge in [-0.1, -0.05) is 6.92 Å². The highest BCUT2D eigenvalue weighted by Gasteiger charge is 2.19. The molecule has 1 rings (SSSR count). The number of thioether (sulfide) groups is 1. The van der Waals surface area contributed by atoms with Crippen molar-refractivity contribution in [2.75, 3.05) is 25.1 Å². The quantitative estimate of drug-likeness (QED) is 0.590. The van der Waals surface area contributed by atoms with E-state index in [0.29, 0.717) is 17.8 Å². The van der Waals surface area contributed by atoms with E-state index in [1.807, 2.05) is 13.2 Å². The van der Waals surface area contributed by atoms with Gasteiger partial charge < -0.3 is 5.32 Å². The Morgan fingerprint density at radius 1 is 1.35 bits per heavy atom. The Morgan fingerprint density at radius 2 is 2.06 bits per heavy atom. The van der Waals surface area contributed by atoms with E-state index in [9.17, 15) is 8.42 Å². The molecule has 0 aromatic rings. The predicted molar refractivity (Wildman–Crippen MR) is 75.0 cm³/mol. The Hall–Kier alpha value is 0.220. The van der Waals surface area contributed by atoms with Crippen molar-refractivity contribution in [3.63, 3.8) is 0 Å². The van der Waals surface area contributed by atoms with Crippen molar-refractivity contribution >= 4 is 21.8 Å². The van der Waals surface area contributed by atoms with Gasteiger partial charge in [-0.2, -0.15) is 11.8 Å². The number of hydrogen-bond acceptors (Lipinski definition) is 4. The van der Waals surface area contributed by atoms with Crippen molar-refractivity contribution in [2.45, 2.75) is 43.9 Å². The SMILES string of the molecule is CSC(C)CNS(=O)(=O)CCCCNC1CC1. The fraction of sp³-hybridized carbons (Fsp3) is 1.00. The topological polar surface area (TPSA) is 58.2 Å². The number of rotatable bonds is 10. The lowest BCUT2D eigenvalue weighted by molar-refractivity contribution is 0.573. The summed E-state index contributed by atoms with van der Waals surface area (Å²) in [6.07, 6.45) is 6.24. The minimum absolute atomic E-state index is 0.250. The average molecular weight is 280 g/mol. The van der Waals surface area contributed by atoms with Crippen LogP contribution in [0.15, 0.2) is 0 Å². The normalized spacial score (nSPS) is 18.2. The van der Waals surface area contributed by atoms with Crippen LogP contribution in [-0.2, 0) is 10.0 Å². The zero-order chi connectivity index (χ0) is 12.7. The number of nitrogens with one attached hydrogen (secondary N) is 2. The van der Waals surface area contributed by atoms with Crippen molar-refractivity contribution < 1.29 is 8.42 Å². The molecule has 0 aliphatic heterocycles. The van der Waals surface area contributed by atoms with Gasteiger partial charge in [0.2, 0.25) is 10.0 Å². The second-order valence-electron chi connectivity index (χ2n) is 4.65. The fourth-order valence-electron chi connectivity index (χ4n) is 1.41. The molecule has 0 radical (unpaired) electrons. The number of sulfonamides is 1. The first kappa shape index (κ1) is 15.3. The highest BCUT2D eigenvalue weighted by Crippen LogP contribution is 2.18. The molecular formula is C11H24N2O2S2. The minimum atomic E-state index is -3.06. The van der Waals surface area contributed by atoms with E-state index in [-0.39, 0.29) is 5.75 Å². The molecule has 6 heteroatoms. The van der Waals surface area contributed by atoms with Gasteiger partial charge in [0.1, 0.15) is 0 Å². The Kier molecular flexibility index (Phi) is 6.84. The standard InChI is InChI=1S/C11H24N2O2S2/c1-10(16-2)9-13-17(14,15)8-4-3-7-12-11-5-6-11/h10-13H,3-9H2,1-2H3. The van der Waals surface area contributed by atoms with E-state index in [1.54, 1.807) is 11.8 Å². The molecule has 0 heterocycles. The predicted octanol–water partition coefficient (Wildman–Crippen LogP) is 1.19. The number of hydrogen-bond donors (Lipinski definition) is 2. The number of unbranched alkanes of at least 4 members (excludes halogenated alkanes) is 1. The molecule has 1 aliphatic rings. The first-order valence-electron chi connectivity index (χ1n) is 6.27. The third kappa shape index (κ3) is 8.02. The Bertz CT molecular complexity index is 303. The summed E-state index contributed by atoms with van der Waals surface area (Å²) in [5, 5.41) is 3.72. The van der Waals surface area contributed by atoms with Crippen LogP contribution in [-0.4, -0.2) is 44.8 Å². The van der Waals surface area contributed by atoms with E-state index >= 15 is 0 Å². The highest BCUT2D eigenvalue weighted by molar-refractivity contribution is 7.99. The molecule has 1 fully saturated rings. The Labute approximate surface area is 109 Å². The van der Waals surface area contributed by atoms with Gasteiger partial charge >= 0.3 is 0 Å². The van der Waals surface area contributed by atoms with Gasteiger partial charge in [-0.15, -0.1) is 0 Å². The maximum atomic E-state index is 11.6. The van der Waals surface area contributed by atoms with Gasteiger partial charge in [0.15, 0.2) is 0 Å². The molecule has 4 nitrogen and oxygen atoms in total. The van der Waals surface area contributed by atoms with Crippen molar-refractivity contribution in [1.29, 1.82) is 0 Å². The maximum Gasteiger partial charge on any atom is 0.211 e. The van der Waals surface area contributed by atoms with Crippen LogP contribution in [0.4, 0.5) is 0 Å².